The van der Waals surface area contributed by atoms with E-state index >= 15 is 0 Å². The van der Waals surface area contributed by atoms with Crippen LogP contribution in [0, 0.1) is 5.92 Å². The third-order valence-electron chi connectivity index (χ3n) is 2.55. The first-order chi connectivity index (χ1) is 6.77. The number of carbonyl (C=O) groups is 1. The summed E-state index contributed by atoms with van der Waals surface area (Å²) in [7, 11) is 0. The highest BCUT2D eigenvalue weighted by atomic mass is 16.4. The van der Waals surface area contributed by atoms with E-state index in [-0.39, 0.29) is 5.92 Å². The summed E-state index contributed by atoms with van der Waals surface area (Å²) < 4.78 is 0. The highest BCUT2D eigenvalue weighted by Crippen LogP contribution is 2.22. The Hall–Kier alpha value is -1.58. The third-order valence-corrected chi connectivity index (χ3v) is 2.55. The van der Waals surface area contributed by atoms with Crippen molar-refractivity contribution in [1.29, 1.82) is 0 Å². The van der Waals surface area contributed by atoms with E-state index in [0.717, 1.165) is 18.7 Å². The summed E-state index contributed by atoms with van der Waals surface area (Å²) in [5.74, 6) is -0.924. The Morgan fingerprint density at radius 2 is 2.50 bits per heavy atom. The van der Waals surface area contributed by atoms with Gasteiger partial charge in [-0.2, -0.15) is 0 Å². The zero-order valence-corrected chi connectivity index (χ0v) is 7.76. The number of aromatic nitrogens is 1. The van der Waals surface area contributed by atoms with Gasteiger partial charge >= 0.3 is 5.97 Å². The van der Waals surface area contributed by atoms with Crippen LogP contribution >= 0.6 is 0 Å². The van der Waals surface area contributed by atoms with Gasteiger partial charge < -0.3 is 10.0 Å². The van der Waals surface area contributed by atoms with Gasteiger partial charge in [-0.15, -0.1) is 0 Å². The Labute approximate surface area is 82.2 Å². The molecule has 1 saturated heterocycles. The predicted molar refractivity (Wildman–Crippen MR) is 52.2 cm³/mol. The normalized spacial score (nSPS) is 21.1. The molecule has 0 amide bonds. The van der Waals surface area contributed by atoms with Crippen molar-refractivity contribution >= 4 is 11.7 Å². The second kappa shape index (κ2) is 3.65. The Balaban J connectivity index is 2.06. The minimum absolute atomic E-state index is 0.227. The zero-order chi connectivity index (χ0) is 9.97. The summed E-state index contributed by atoms with van der Waals surface area (Å²) >= 11 is 0. The van der Waals surface area contributed by atoms with Gasteiger partial charge in [0.2, 0.25) is 0 Å². The van der Waals surface area contributed by atoms with Gasteiger partial charge in [0.1, 0.15) is 0 Å². The molecule has 0 radical (unpaired) electrons. The fourth-order valence-electron chi connectivity index (χ4n) is 1.74. The van der Waals surface area contributed by atoms with E-state index in [0.29, 0.717) is 6.54 Å². The maximum atomic E-state index is 10.7. The molecule has 0 spiro atoms. The van der Waals surface area contributed by atoms with Crippen molar-refractivity contribution in [3.05, 3.63) is 24.5 Å². The van der Waals surface area contributed by atoms with Crippen molar-refractivity contribution in [2.24, 2.45) is 5.92 Å². The topological polar surface area (TPSA) is 53.4 Å². The lowest BCUT2D eigenvalue weighted by Gasteiger charge is -2.16. The first kappa shape index (κ1) is 8.99. The van der Waals surface area contributed by atoms with Crippen molar-refractivity contribution in [3.63, 3.8) is 0 Å². The molecular weight excluding hydrogens is 180 g/mol. The first-order valence-electron chi connectivity index (χ1n) is 4.65. The first-order valence-corrected chi connectivity index (χ1v) is 4.65. The lowest BCUT2D eigenvalue weighted by molar-refractivity contribution is -0.140. The summed E-state index contributed by atoms with van der Waals surface area (Å²) in [5, 5.41) is 8.84. The maximum Gasteiger partial charge on any atom is 0.308 e. The number of anilines is 1. The van der Waals surface area contributed by atoms with Gasteiger partial charge in [-0.25, -0.2) is 0 Å². The second-order valence-corrected chi connectivity index (χ2v) is 3.48. The minimum Gasteiger partial charge on any atom is -0.481 e. The number of pyridine rings is 1. The van der Waals surface area contributed by atoms with Gasteiger partial charge in [0, 0.05) is 19.3 Å². The summed E-state index contributed by atoms with van der Waals surface area (Å²) in [6.45, 7) is 1.41. The summed E-state index contributed by atoms with van der Waals surface area (Å²) in [6, 6.07) is 3.82. The average Bonchev–Trinajstić information content (AvgIpc) is 2.68. The zero-order valence-electron chi connectivity index (χ0n) is 7.76. The van der Waals surface area contributed by atoms with Gasteiger partial charge in [0.25, 0.3) is 0 Å². The second-order valence-electron chi connectivity index (χ2n) is 3.48. The number of carboxylic acid groups (broad SMARTS) is 1. The van der Waals surface area contributed by atoms with Crippen molar-refractivity contribution in [1.82, 2.24) is 4.98 Å². The molecule has 1 aromatic heterocycles. The minimum atomic E-state index is -0.698. The van der Waals surface area contributed by atoms with E-state index in [1.165, 1.54) is 0 Å². The van der Waals surface area contributed by atoms with Crippen LogP contribution in [0.3, 0.4) is 0 Å². The Morgan fingerprint density at radius 1 is 1.64 bits per heavy atom. The standard InChI is InChI=1S/C10H12N2O2/c13-10(14)8-3-5-12(7-8)9-2-1-4-11-6-9/h1-2,4,6,8H,3,5,7H2,(H,13,14)/t8-/m0/s1. The molecule has 1 aliphatic rings. The number of nitrogens with zero attached hydrogens (tertiary/aromatic N) is 2. The number of aliphatic carboxylic acids is 1. The molecular formula is C10H12N2O2. The molecule has 0 unspecified atom stereocenters. The molecule has 1 N–H and O–H groups in total. The van der Waals surface area contributed by atoms with Gasteiger partial charge in [0.15, 0.2) is 0 Å². The lowest BCUT2D eigenvalue weighted by Crippen LogP contribution is -2.22. The van der Waals surface area contributed by atoms with Crippen LogP contribution in [-0.4, -0.2) is 29.1 Å². The van der Waals surface area contributed by atoms with Crippen LogP contribution in [0.4, 0.5) is 5.69 Å². The summed E-state index contributed by atoms with van der Waals surface area (Å²) in [4.78, 5) is 16.8. The van der Waals surface area contributed by atoms with Crippen LogP contribution in [0.5, 0.6) is 0 Å². The fourth-order valence-corrected chi connectivity index (χ4v) is 1.74. The van der Waals surface area contributed by atoms with Gasteiger partial charge in [-0.3, -0.25) is 9.78 Å². The molecule has 2 heterocycles. The SMILES string of the molecule is O=C(O)[C@H]1CCN(c2cccnc2)C1. The highest BCUT2D eigenvalue weighted by molar-refractivity contribution is 5.72. The van der Waals surface area contributed by atoms with Crippen LogP contribution in [-0.2, 0) is 4.79 Å². The molecule has 14 heavy (non-hydrogen) atoms. The molecule has 0 aromatic carbocycles. The van der Waals surface area contributed by atoms with E-state index in [4.69, 9.17) is 5.11 Å². The van der Waals surface area contributed by atoms with Crippen LogP contribution in [0.2, 0.25) is 0 Å². The quantitative estimate of drug-likeness (QED) is 0.759. The van der Waals surface area contributed by atoms with Gasteiger partial charge in [-0.1, -0.05) is 0 Å². The Morgan fingerprint density at radius 3 is 3.07 bits per heavy atom. The largest absolute Gasteiger partial charge is 0.481 e. The van der Waals surface area contributed by atoms with Gasteiger partial charge in [-0.05, 0) is 18.6 Å². The molecule has 74 valence electrons. The molecule has 1 fully saturated rings. The van der Waals surface area contributed by atoms with Crippen molar-refractivity contribution in [3.8, 4) is 0 Å². The number of rotatable bonds is 2. The lowest BCUT2D eigenvalue weighted by atomic mass is 10.1. The van der Waals surface area contributed by atoms with E-state index in [1.54, 1.807) is 12.4 Å². The number of carboxylic acids is 1. The number of hydrogen-bond acceptors (Lipinski definition) is 3. The maximum absolute atomic E-state index is 10.7. The molecule has 1 aliphatic heterocycles. The monoisotopic (exact) mass is 192 g/mol. The summed E-state index contributed by atoms with van der Waals surface area (Å²) in [6.07, 6.45) is 4.21. The van der Waals surface area contributed by atoms with E-state index in [1.807, 2.05) is 12.1 Å². The fraction of sp³-hybridized carbons (Fsp3) is 0.400. The van der Waals surface area contributed by atoms with E-state index in [9.17, 15) is 4.79 Å². The van der Waals surface area contributed by atoms with Crippen molar-refractivity contribution in [2.75, 3.05) is 18.0 Å². The number of hydrogen-bond donors (Lipinski definition) is 1. The van der Waals surface area contributed by atoms with Crippen LogP contribution in [0.1, 0.15) is 6.42 Å². The molecule has 4 heteroatoms. The molecule has 4 nitrogen and oxygen atoms in total. The van der Waals surface area contributed by atoms with E-state index in [2.05, 4.69) is 9.88 Å². The Bertz CT molecular complexity index is 326. The molecule has 1 aromatic rings. The average molecular weight is 192 g/mol. The molecule has 2 rings (SSSR count). The van der Waals surface area contributed by atoms with Crippen LogP contribution in [0.25, 0.3) is 0 Å². The van der Waals surface area contributed by atoms with Crippen molar-refractivity contribution < 1.29 is 9.90 Å². The summed E-state index contributed by atoms with van der Waals surface area (Å²) in [5.41, 5.74) is 1.01. The highest BCUT2D eigenvalue weighted by Gasteiger charge is 2.27. The van der Waals surface area contributed by atoms with Crippen molar-refractivity contribution in [2.45, 2.75) is 6.42 Å². The van der Waals surface area contributed by atoms with E-state index < -0.39 is 5.97 Å². The Kier molecular flexibility index (Phi) is 2.35. The van der Waals surface area contributed by atoms with Gasteiger partial charge in [0.05, 0.1) is 17.8 Å². The van der Waals surface area contributed by atoms with Crippen LogP contribution < -0.4 is 4.90 Å². The smallest absolute Gasteiger partial charge is 0.308 e. The van der Waals surface area contributed by atoms with Crippen LogP contribution in [0.15, 0.2) is 24.5 Å². The third kappa shape index (κ3) is 1.69. The molecule has 1 atom stereocenters. The molecule has 0 bridgehead atoms. The predicted octanol–water partition coefficient (Wildman–Crippen LogP) is 0.992. The molecule has 0 saturated carbocycles. The molecule has 0 aliphatic carbocycles.